The van der Waals surface area contributed by atoms with Gasteiger partial charge in [0.15, 0.2) is 0 Å². The third-order valence-corrected chi connectivity index (χ3v) is 3.11. The van der Waals surface area contributed by atoms with Gasteiger partial charge in [-0.1, -0.05) is 29.8 Å². The Morgan fingerprint density at radius 3 is 2.94 bits per heavy atom. The van der Waals surface area contributed by atoms with Crippen molar-refractivity contribution in [3.8, 4) is 0 Å². The van der Waals surface area contributed by atoms with Crippen molar-refractivity contribution in [2.24, 2.45) is 0 Å². The highest BCUT2D eigenvalue weighted by Gasteiger charge is 2.11. The Hall–Kier alpha value is -2.07. The molecule has 0 fully saturated rings. The second-order valence-corrected chi connectivity index (χ2v) is 4.29. The number of imidazole rings is 1. The van der Waals surface area contributed by atoms with Crippen LogP contribution in [0.3, 0.4) is 0 Å². The van der Waals surface area contributed by atoms with Gasteiger partial charge in [-0.05, 0) is 12.1 Å². The molecule has 0 spiro atoms. The minimum Gasteiger partial charge on any atom is -0.339 e. The van der Waals surface area contributed by atoms with Crippen molar-refractivity contribution in [2.45, 2.75) is 0 Å². The van der Waals surface area contributed by atoms with E-state index in [0.717, 1.165) is 22.1 Å². The number of nitrogens with zero attached hydrogens (tertiary/aromatic N) is 3. The fourth-order valence-electron chi connectivity index (χ4n) is 2.14. The van der Waals surface area contributed by atoms with Crippen LogP contribution in [-0.2, 0) is 0 Å². The standard InChI is InChI=1S/C12H7ClN4/c13-9-5-6-17-11-10(16-12(17)15-9)7-3-1-2-4-8(7)14-11/h1-6,14H. The molecule has 0 saturated carbocycles. The molecule has 0 atom stereocenters. The van der Waals surface area contributed by atoms with Gasteiger partial charge in [0.25, 0.3) is 0 Å². The zero-order valence-electron chi connectivity index (χ0n) is 8.68. The Morgan fingerprint density at radius 1 is 1.12 bits per heavy atom. The summed E-state index contributed by atoms with van der Waals surface area (Å²) in [6.45, 7) is 0. The quantitative estimate of drug-likeness (QED) is 0.482. The highest BCUT2D eigenvalue weighted by Crippen LogP contribution is 2.25. The number of nitrogens with one attached hydrogen (secondary N) is 1. The van der Waals surface area contributed by atoms with E-state index in [1.165, 1.54) is 0 Å². The van der Waals surface area contributed by atoms with Crippen LogP contribution in [0.2, 0.25) is 5.15 Å². The van der Waals surface area contributed by atoms with Gasteiger partial charge in [-0.25, -0.2) is 9.97 Å². The Labute approximate surface area is 101 Å². The summed E-state index contributed by atoms with van der Waals surface area (Å²) in [5.74, 6) is 0.615. The zero-order valence-corrected chi connectivity index (χ0v) is 9.44. The lowest BCUT2D eigenvalue weighted by atomic mass is 10.2. The molecular weight excluding hydrogens is 236 g/mol. The third kappa shape index (κ3) is 1.13. The van der Waals surface area contributed by atoms with Crippen molar-refractivity contribution in [2.75, 3.05) is 0 Å². The number of aromatic nitrogens is 4. The molecule has 3 aromatic heterocycles. The molecule has 1 aromatic carbocycles. The summed E-state index contributed by atoms with van der Waals surface area (Å²) in [7, 11) is 0. The smallest absolute Gasteiger partial charge is 0.237 e. The summed E-state index contributed by atoms with van der Waals surface area (Å²) in [4.78, 5) is 12.0. The molecule has 0 aliphatic rings. The number of halogens is 1. The molecular formula is C12H7ClN4. The molecule has 0 bridgehead atoms. The topological polar surface area (TPSA) is 46.0 Å². The van der Waals surface area contributed by atoms with Crippen LogP contribution < -0.4 is 0 Å². The number of benzene rings is 1. The molecule has 1 N–H and O–H groups in total. The summed E-state index contributed by atoms with van der Waals surface area (Å²) in [6.07, 6.45) is 1.87. The minimum absolute atomic E-state index is 0.453. The van der Waals surface area contributed by atoms with Crippen LogP contribution in [0, 0.1) is 0 Å². The van der Waals surface area contributed by atoms with Gasteiger partial charge >= 0.3 is 0 Å². The van der Waals surface area contributed by atoms with Gasteiger partial charge in [-0.15, -0.1) is 0 Å². The maximum atomic E-state index is 5.86. The first-order chi connectivity index (χ1) is 8.33. The summed E-state index contributed by atoms with van der Waals surface area (Å²) < 4.78 is 1.90. The third-order valence-electron chi connectivity index (χ3n) is 2.90. The van der Waals surface area contributed by atoms with E-state index in [4.69, 9.17) is 11.6 Å². The largest absolute Gasteiger partial charge is 0.339 e. The predicted molar refractivity (Wildman–Crippen MR) is 67.4 cm³/mol. The van der Waals surface area contributed by atoms with Crippen molar-refractivity contribution in [1.29, 1.82) is 0 Å². The highest BCUT2D eigenvalue weighted by atomic mass is 35.5. The SMILES string of the molecule is Clc1ccn2c(n1)nc1c3ccccc3[nH]c12. The summed E-state index contributed by atoms with van der Waals surface area (Å²) in [5, 5.41) is 1.55. The Kier molecular flexibility index (Phi) is 1.58. The van der Waals surface area contributed by atoms with E-state index in [2.05, 4.69) is 15.0 Å². The van der Waals surface area contributed by atoms with E-state index in [1.54, 1.807) is 6.07 Å². The number of aromatic amines is 1. The van der Waals surface area contributed by atoms with E-state index >= 15 is 0 Å². The van der Waals surface area contributed by atoms with Gasteiger partial charge in [0, 0.05) is 17.1 Å². The van der Waals surface area contributed by atoms with E-state index in [9.17, 15) is 0 Å². The van der Waals surface area contributed by atoms with Crippen LogP contribution in [0.4, 0.5) is 0 Å². The van der Waals surface area contributed by atoms with Crippen molar-refractivity contribution in [3.63, 3.8) is 0 Å². The number of H-pyrrole nitrogens is 1. The molecule has 4 nitrogen and oxygen atoms in total. The molecule has 0 unspecified atom stereocenters. The number of fused-ring (bicyclic) bond motifs is 5. The first-order valence-corrected chi connectivity index (χ1v) is 5.62. The lowest BCUT2D eigenvalue weighted by Crippen LogP contribution is -1.88. The van der Waals surface area contributed by atoms with Crippen LogP contribution in [0.25, 0.3) is 27.8 Å². The molecule has 0 saturated heterocycles. The van der Waals surface area contributed by atoms with Gasteiger partial charge < -0.3 is 4.98 Å². The maximum absolute atomic E-state index is 5.86. The van der Waals surface area contributed by atoms with E-state index < -0.39 is 0 Å². The van der Waals surface area contributed by atoms with Crippen molar-refractivity contribution in [3.05, 3.63) is 41.7 Å². The average Bonchev–Trinajstić information content (AvgIpc) is 2.84. The minimum atomic E-state index is 0.453. The molecule has 5 heteroatoms. The molecule has 0 amide bonds. The van der Waals surface area contributed by atoms with Crippen molar-refractivity contribution < 1.29 is 0 Å². The van der Waals surface area contributed by atoms with Crippen LogP contribution in [0.1, 0.15) is 0 Å². The Morgan fingerprint density at radius 2 is 2.00 bits per heavy atom. The van der Waals surface area contributed by atoms with Crippen LogP contribution in [0.15, 0.2) is 36.5 Å². The van der Waals surface area contributed by atoms with Gasteiger partial charge in [0.1, 0.15) is 16.3 Å². The monoisotopic (exact) mass is 242 g/mol. The average molecular weight is 243 g/mol. The molecule has 3 heterocycles. The van der Waals surface area contributed by atoms with Crippen molar-refractivity contribution in [1.82, 2.24) is 19.4 Å². The summed E-state index contributed by atoms with van der Waals surface area (Å²) in [5.41, 5.74) is 2.95. The molecule has 17 heavy (non-hydrogen) atoms. The Balaban J connectivity index is 2.29. The second kappa shape index (κ2) is 2.99. The summed E-state index contributed by atoms with van der Waals surface area (Å²) >= 11 is 5.86. The summed E-state index contributed by atoms with van der Waals surface area (Å²) in [6, 6.07) is 9.83. The molecule has 0 aliphatic heterocycles. The fraction of sp³-hybridized carbons (Fsp3) is 0. The Bertz CT molecular complexity index is 859. The zero-order chi connectivity index (χ0) is 11.4. The van der Waals surface area contributed by atoms with E-state index in [-0.39, 0.29) is 0 Å². The second-order valence-electron chi connectivity index (χ2n) is 3.90. The molecule has 82 valence electrons. The van der Waals surface area contributed by atoms with Gasteiger partial charge in [0.2, 0.25) is 5.78 Å². The lowest BCUT2D eigenvalue weighted by molar-refractivity contribution is 1.12. The van der Waals surface area contributed by atoms with Gasteiger partial charge in [-0.3, -0.25) is 4.40 Å². The normalized spacial score (nSPS) is 11.8. The highest BCUT2D eigenvalue weighted by molar-refractivity contribution is 6.29. The van der Waals surface area contributed by atoms with E-state index in [1.807, 2.05) is 34.9 Å². The lowest BCUT2D eigenvalue weighted by Gasteiger charge is -1.93. The van der Waals surface area contributed by atoms with Gasteiger partial charge in [0.05, 0.1) is 0 Å². The molecule has 0 aliphatic carbocycles. The first-order valence-electron chi connectivity index (χ1n) is 5.24. The van der Waals surface area contributed by atoms with Gasteiger partial charge in [-0.2, -0.15) is 0 Å². The van der Waals surface area contributed by atoms with Crippen molar-refractivity contribution >= 4 is 39.4 Å². The predicted octanol–water partition coefficient (Wildman–Crippen LogP) is 3.02. The number of hydrogen-bond donors (Lipinski definition) is 1. The number of para-hydroxylation sites is 1. The number of rotatable bonds is 0. The first kappa shape index (κ1) is 9.01. The number of hydrogen-bond acceptors (Lipinski definition) is 2. The maximum Gasteiger partial charge on any atom is 0.237 e. The van der Waals surface area contributed by atoms with Crippen LogP contribution in [-0.4, -0.2) is 19.4 Å². The molecule has 4 rings (SSSR count). The van der Waals surface area contributed by atoms with Crippen LogP contribution in [0.5, 0.6) is 0 Å². The van der Waals surface area contributed by atoms with Crippen LogP contribution >= 0.6 is 11.6 Å². The molecule has 4 aromatic rings. The van der Waals surface area contributed by atoms with E-state index in [0.29, 0.717) is 10.9 Å². The fourth-order valence-corrected chi connectivity index (χ4v) is 2.28. The molecule has 0 radical (unpaired) electrons.